The van der Waals surface area contributed by atoms with Crippen LogP contribution in [-0.4, -0.2) is 16.2 Å². The minimum absolute atomic E-state index is 0.542. The van der Waals surface area contributed by atoms with Gasteiger partial charge in [-0.2, -0.15) is 0 Å². The highest BCUT2D eigenvalue weighted by Gasteiger charge is 2.23. The van der Waals surface area contributed by atoms with E-state index in [4.69, 9.17) is 10.2 Å². The SMILES string of the molecule is O=C(O)[C@@H](O)c1ccc(F)c(F)c1F. The second-order valence-electron chi connectivity index (χ2n) is 2.51. The summed E-state index contributed by atoms with van der Waals surface area (Å²) in [5.74, 6) is -6.68. The summed E-state index contributed by atoms with van der Waals surface area (Å²) >= 11 is 0. The number of aliphatic hydroxyl groups excluding tert-OH is 1. The molecule has 2 N–H and O–H groups in total. The molecule has 0 aliphatic carbocycles. The van der Waals surface area contributed by atoms with Crippen LogP contribution in [0.3, 0.4) is 0 Å². The Morgan fingerprint density at radius 1 is 1.21 bits per heavy atom. The third kappa shape index (κ3) is 1.69. The Bertz CT molecular complexity index is 378. The molecular weight excluding hydrogens is 201 g/mol. The predicted molar refractivity (Wildman–Crippen MR) is 38.9 cm³/mol. The zero-order valence-corrected chi connectivity index (χ0v) is 6.67. The van der Waals surface area contributed by atoms with Crippen molar-refractivity contribution in [1.29, 1.82) is 0 Å². The second-order valence-corrected chi connectivity index (χ2v) is 2.51. The molecule has 1 aromatic carbocycles. The fraction of sp³-hybridized carbons (Fsp3) is 0.125. The lowest BCUT2D eigenvalue weighted by Crippen LogP contribution is -2.13. The Hall–Kier alpha value is -1.56. The van der Waals surface area contributed by atoms with Crippen LogP contribution in [0.5, 0.6) is 0 Å². The van der Waals surface area contributed by atoms with Crippen molar-refractivity contribution in [3.63, 3.8) is 0 Å². The minimum atomic E-state index is -2.20. The van der Waals surface area contributed by atoms with Crippen molar-refractivity contribution in [3.05, 3.63) is 35.1 Å². The number of benzene rings is 1. The maximum atomic E-state index is 12.8. The zero-order chi connectivity index (χ0) is 10.9. The predicted octanol–water partition coefficient (Wildman–Crippen LogP) is 1.22. The fourth-order valence-corrected chi connectivity index (χ4v) is 0.885. The molecular formula is C8H5F3O3. The largest absolute Gasteiger partial charge is 0.479 e. The van der Waals surface area contributed by atoms with Crippen LogP contribution in [0.2, 0.25) is 0 Å². The van der Waals surface area contributed by atoms with Crippen molar-refractivity contribution < 1.29 is 28.2 Å². The third-order valence-corrected chi connectivity index (χ3v) is 1.59. The van der Waals surface area contributed by atoms with Gasteiger partial charge in [-0.25, -0.2) is 18.0 Å². The van der Waals surface area contributed by atoms with Gasteiger partial charge in [-0.1, -0.05) is 0 Å². The number of hydrogen-bond donors (Lipinski definition) is 2. The van der Waals surface area contributed by atoms with Crippen LogP contribution >= 0.6 is 0 Å². The number of hydrogen-bond acceptors (Lipinski definition) is 2. The summed E-state index contributed by atoms with van der Waals surface area (Å²) in [5, 5.41) is 17.2. The first-order valence-corrected chi connectivity index (χ1v) is 3.49. The van der Waals surface area contributed by atoms with Crippen molar-refractivity contribution in [3.8, 4) is 0 Å². The van der Waals surface area contributed by atoms with Crippen LogP contribution in [-0.2, 0) is 4.79 Å². The summed E-state index contributed by atoms with van der Waals surface area (Å²) < 4.78 is 37.8. The van der Waals surface area contributed by atoms with E-state index in [1.807, 2.05) is 0 Å². The van der Waals surface area contributed by atoms with Gasteiger partial charge in [0.25, 0.3) is 0 Å². The Kier molecular flexibility index (Phi) is 2.76. The van der Waals surface area contributed by atoms with Crippen molar-refractivity contribution in [1.82, 2.24) is 0 Å². The van der Waals surface area contributed by atoms with Crippen molar-refractivity contribution in [2.45, 2.75) is 6.10 Å². The number of aliphatic hydroxyl groups is 1. The lowest BCUT2D eigenvalue weighted by Gasteiger charge is -2.07. The first kappa shape index (κ1) is 10.5. The Labute approximate surface area is 76.4 Å². The van der Waals surface area contributed by atoms with Crippen LogP contribution in [0.15, 0.2) is 12.1 Å². The summed E-state index contributed by atoms with van der Waals surface area (Å²) in [7, 11) is 0. The van der Waals surface area contributed by atoms with Crippen LogP contribution in [0.4, 0.5) is 13.2 Å². The Morgan fingerprint density at radius 2 is 1.79 bits per heavy atom. The maximum absolute atomic E-state index is 12.8. The monoisotopic (exact) mass is 206 g/mol. The van der Waals surface area contributed by atoms with E-state index < -0.39 is 35.1 Å². The van der Waals surface area contributed by atoms with Gasteiger partial charge in [0.2, 0.25) is 0 Å². The molecule has 0 aliphatic rings. The molecule has 0 fully saturated rings. The van der Waals surface area contributed by atoms with E-state index >= 15 is 0 Å². The topological polar surface area (TPSA) is 57.5 Å². The van der Waals surface area contributed by atoms with Gasteiger partial charge in [0.15, 0.2) is 23.6 Å². The van der Waals surface area contributed by atoms with E-state index in [1.54, 1.807) is 0 Å². The number of carbonyl (C=O) groups is 1. The summed E-state index contributed by atoms with van der Waals surface area (Å²) in [6, 6.07) is 1.21. The molecule has 0 unspecified atom stereocenters. The lowest BCUT2D eigenvalue weighted by molar-refractivity contribution is -0.147. The molecule has 0 aromatic heterocycles. The first-order valence-electron chi connectivity index (χ1n) is 3.49. The molecule has 1 rings (SSSR count). The average Bonchev–Trinajstić information content (AvgIpc) is 2.13. The van der Waals surface area contributed by atoms with Gasteiger partial charge in [-0.3, -0.25) is 0 Å². The molecule has 0 amide bonds. The summed E-state index contributed by atoms with van der Waals surface area (Å²) in [6.45, 7) is 0. The fourth-order valence-electron chi connectivity index (χ4n) is 0.885. The number of rotatable bonds is 2. The normalized spacial score (nSPS) is 12.6. The number of aliphatic carboxylic acids is 1. The molecule has 14 heavy (non-hydrogen) atoms. The first-order chi connectivity index (χ1) is 6.45. The van der Waals surface area contributed by atoms with E-state index in [9.17, 15) is 18.0 Å². The highest BCUT2D eigenvalue weighted by molar-refractivity contribution is 5.74. The number of carboxylic acid groups (broad SMARTS) is 1. The van der Waals surface area contributed by atoms with Gasteiger partial charge in [0, 0.05) is 5.56 Å². The molecule has 0 bridgehead atoms. The molecule has 0 aliphatic heterocycles. The summed E-state index contributed by atoms with van der Waals surface area (Å²) in [5.41, 5.74) is -0.809. The highest BCUT2D eigenvalue weighted by Crippen LogP contribution is 2.21. The van der Waals surface area contributed by atoms with Crippen molar-refractivity contribution in [2.75, 3.05) is 0 Å². The molecule has 1 atom stereocenters. The van der Waals surface area contributed by atoms with Gasteiger partial charge in [0.05, 0.1) is 0 Å². The van der Waals surface area contributed by atoms with Gasteiger partial charge >= 0.3 is 5.97 Å². The second kappa shape index (κ2) is 3.67. The quantitative estimate of drug-likeness (QED) is 0.715. The van der Waals surface area contributed by atoms with Crippen LogP contribution in [0.25, 0.3) is 0 Å². The average molecular weight is 206 g/mol. The number of carboxylic acids is 1. The van der Waals surface area contributed by atoms with E-state index in [0.717, 1.165) is 0 Å². The molecule has 76 valence electrons. The third-order valence-electron chi connectivity index (χ3n) is 1.59. The van der Waals surface area contributed by atoms with E-state index in [-0.39, 0.29) is 0 Å². The van der Waals surface area contributed by atoms with Crippen molar-refractivity contribution in [2.24, 2.45) is 0 Å². The lowest BCUT2D eigenvalue weighted by atomic mass is 10.1. The summed E-state index contributed by atoms with van der Waals surface area (Å²) in [6.07, 6.45) is -2.20. The molecule has 0 heterocycles. The van der Waals surface area contributed by atoms with Crippen LogP contribution in [0, 0.1) is 17.5 Å². The highest BCUT2D eigenvalue weighted by atomic mass is 19.2. The molecule has 3 nitrogen and oxygen atoms in total. The Morgan fingerprint density at radius 3 is 2.29 bits per heavy atom. The smallest absolute Gasteiger partial charge is 0.337 e. The van der Waals surface area contributed by atoms with E-state index in [2.05, 4.69) is 0 Å². The molecule has 0 saturated heterocycles. The maximum Gasteiger partial charge on any atom is 0.337 e. The van der Waals surface area contributed by atoms with Crippen LogP contribution in [0.1, 0.15) is 11.7 Å². The molecule has 0 spiro atoms. The molecule has 0 radical (unpaired) electrons. The molecule has 1 aromatic rings. The Balaban J connectivity index is 3.24. The number of halogens is 3. The minimum Gasteiger partial charge on any atom is -0.479 e. The van der Waals surface area contributed by atoms with Gasteiger partial charge in [-0.05, 0) is 12.1 Å². The zero-order valence-electron chi connectivity index (χ0n) is 6.67. The van der Waals surface area contributed by atoms with Gasteiger partial charge in [-0.15, -0.1) is 0 Å². The van der Waals surface area contributed by atoms with E-state index in [0.29, 0.717) is 12.1 Å². The summed E-state index contributed by atoms with van der Waals surface area (Å²) in [4.78, 5) is 10.2. The standard InChI is InChI=1S/C8H5F3O3/c9-4-2-1-3(5(10)6(4)11)7(12)8(13)14/h1-2,7,12H,(H,13,14)/t7-/m0/s1. The van der Waals surface area contributed by atoms with E-state index in [1.165, 1.54) is 0 Å². The van der Waals surface area contributed by atoms with Crippen LogP contribution < -0.4 is 0 Å². The molecule has 6 heteroatoms. The van der Waals surface area contributed by atoms with Gasteiger partial charge in [0.1, 0.15) is 0 Å². The molecule has 0 saturated carbocycles. The van der Waals surface area contributed by atoms with Gasteiger partial charge < -0.3 is 10.2 Å². The van der Waals surface area contributed by atoms with Crippen molar-refractivity contribution >= 4 is 5.97 Å².